The third-order valence-electron chi connectivity index (χ3n) is 5.28. The molecule has 1 heterocycles. The van der Waals surface area contributed by atoms with Crippen molar-refractivity contribution in [1.82, 2.24) is 4.90 Å². The van der Waals surface area contributed by atoms with Crippen LogP contribution in [0, 0.1) is 23.0 Å². The van der Waals surface area contributed by atoms with Gasteiger partial charge in [0.25, 0.3) is 0 Å². The van der Waals surface area contributed by atoms with Crippen molar-refractivity contribution in [2.24, 2.45) is 11.3 Å². The van der Waals surface area contributed by atoms with E-state index in [0.717, 1.165) is 18.9 Å². The third kappa shape index (κ3) is 2.61. The van der Waals surface area contributed by atoms with Gasteiger partial charge in [-0.05, 0) is 31.7 Å². The van der Waals surface area contributed by atoms with Crippen LogP contribution in [0.25, 0.3) is 0 Å². The van der Waals surface area contributed by atoms with Crippen molar-refractivity contribution < 1.29 is 18.7 Å². The van der Waals surface area contributed by atoms with Crippen LogP contribution in [0.2, 0.25) is 0 Å². The molecule has 3 rings (SSSR count). The summed E-state index contributed by atoms with van der Waals surface area (Å²) in [5.41, 5.74) is -0.248. The molecule has 1 aromatic rings. The number of carbonyl (C=O) groups is 1. The van der Waals surface area contributed by atoms with Gasteiger partial charge in [-0.1, -0.05) is 12.5 Å². The summed E-state index contributed by atoms with van der Waals surface area (Å²) in [6.45, 7) is 2.97. The molecule has 1 saturated heterocycles. The van der Waals surface area contributed by atoms with Gasteiger partial charge in [0.2, 0.25) is 0 Å². The zero-order chi connectivity index (χ0) is 15.2. The molecule has 2 aliphatic rings. The number of fused-ring (bicyclic) bond motifs is 1. The van der Waals surface area contributed by atoms with Gasteiger partial charge in [-0.3, -0.25) is 9.69 Å². The summed E-state index contributed by atoms with van der Waals surface area (Å²) >= 11 is 0. The van der Waals surface area contributed by atoms with Crippen molar-refractivity contribution in [1.29, 1.82) is 0 Å². The normalized spacial score (nSPS) is 29.0. The van der Waals surface area contributed by atoms with Crippen LogP contribution in [0.3, 0.4) is 0 Å². The van der Waals surface area contributed by atoms with Gasteiger partial charge in [-0.15, -0.1) is 12.4 Å². The number of halogens is 3. The maximum atomic E-state index is 13.9. The van der Waals surface area contributed by atoms with Crippen molar-refractivity contribution in [2.45, 2.75) is 32.2 Å². The quantitative estimate of drug-likeness (QED) is 0.919. The number of nitrogens with zero attached hydrogens (tertiary/aromatic N) is 1. The van der Waals surface area contributed by atoms with Crippen molar-refractivity contribution in [3.63, 3.8) is 0 Å². The summed E-state index contributed by atoms with van der Waals surface area (Å²) < 4.78 is 26.9. The summed E-state index contributed by atoms with van der Waals surface area (Å²) in [6, 6.07) is 3.35. The lowest BCUT2D eigenvalue weighted by Gasteiger charge is -2.27. The van der Waals surface area contributed by atoms with Gasteiger partial charge < -0.3 is 5.11 Å². The van der Waals surface area contributed by atoms with Gasteiger partial charge in [-0.25, -0.2) is 8.78 Å². The van der Waals surface area contributed by atoms with E-state index in [2.05, 4.69) is 0 Å². The number of rotatable bonds is 3. The number of carboxylic acids is 1. The van der Waals surface area contributed by atoms with Gasteiger partial charge >= 0.3 is 5.97 Å². The van der Waals surface area contributed by atoms with Gasteiger partial charge in [0.1, 0.15) is 11.6 Å². The fourth-order valence-electron chi connectivity index (χ4n) is 4.01. The van der Waals surface area contributed by atoms with Crippen LogP contribution in [0.15, 0.2) is 18.2 Å². The number of likely N-dealkylation sites (tertiary alicyclic amines) is 1. The van der Waals surface area contributed by atoms with Gasteiger partial charge in [-0.2, -0.15) is 0 Å². The summed E-state index contributed by atoms with van der Waals surface area (Å²) in [5.74, 6) is -1.76. The van der Waals surface area contributed by atoms with Crippen LogP contribution in [0.5, 0.6) is 0 Å². The van der Waals surface area contributed by atoms with Crippen LogP contribution < -0.4 is 0 Å². The molecule has 0 spiro atoms. The average Bonchev–Trinajstić information content (AvgIpc) is 2.95. The summed E-state index contributed by atoms with van der Waals surface area (Å²) in [5, 5.41) is 9.58. The van der Waals surface area contributed by atoms with Crippen LogP contribution in [0.4, 0.5) is 8.78 Å². The van der Waals surface area contributed by atoms with Crippen LogP contribution in [0.1, 0.15) is 37.8 Å². The Morgan fingerprint density at radius 2 is 2.18 bits per heavy atom. The van der Waals surface area contributed by atoms with E-state index < -0.39 is 23.0 Å². The Morgan fingerprint density at radius 3 is 2.77 bits per heavy atom. The number of hydrogen-bond acceptors (Lipinski definition) is 2. The highest BCUT2D eigenvalue weighted by Crippen LogP contribution is 2.50. The molecular formula is C16H20ClF2NO2. The standard InChI is InChI=1S/C16H19F2NO2.ClH/c1-10(13-5-4-12(17)7-14(13)18)19-8-11-3-2-6-16(11,9-19)15(20)21;/h4-5,7,10-11H,2-3,6,8-9H2,1H3,(H,20,21);1H/t10?,11-,16+;/m0./s1. The maximum Gasteiger partial charge on any atom is 0.311 e. The van der Waals surface area contributed by atoms with Crippen LogP contribution in [-0.2, 0) is 4.79 Å². The second kappa shape index (κ2) is 6.13. The first-order valence-corrected chi connectivity index (χ1v) is 7.36. The molecule has 0 radical (unpaired) electrons. The Morgan fingerprint density at radius 1 is 1.45 bits per heavy atom. The topological polar surface area (TPSA) is 40.5 Å². The lowest BCUT2D eigenvalue weighted by Crippen LogP contribution is -2.36. The molecule has 22 heavy (non-hydrogen) atoms. The Labute approximate surface area is 134 Å². The monoisotopic (exact) mass is 331 g/mol. The predicted molar refractivity (Wildman–Crippen MR) is 81.0 cm³/mol. The van der Waals surface area contributed by atoms with E-state index in [1.807, 2.05) is 11.8 Å². The zero-order valence-electron chi connectivity index (χ0n) is 12.4. The molecule has 1 N–H and O–H groups in total. The molecule has 3 atom stereocenters. The van der Waals surface area contributed by atoms with E-state index in [1.165, 1.54) is 12.1 Å². The molecule has 0 bridgehead atoms. The van der Waals surface area contributed by atoms with Crippen LogP contribution in [-0.4, -0.2) is 29.1 Å². The Balaban J connectivity index is 0.00000176. The van der Waals surface area contributed by atoms with Crippen molar-refractivity contribution in [3.8, 4) is 0 Å². The fourth-order valence-corrected chi connectivity index (χ4v) is 4.01. The van der Waals surface area contributed by atoms with E-state index in [9.17, 15) is 18.7 Å². The highest BCUT2D eigenvalue weighted by Gasteiger charge is 2.55. The molecule has 1 aliphatic heterocycles. The first-order chi connectivity index (χ1) is 9.94. The largest absolute Gasteiger partial charge is 0.481 e. The fraction of sp³-hybridized carbons (Fsp3) is 0.562. The van der Waals surface area contributed by atoms with Crippen molar-refractivity contribution >= 4 is 18.4 Å². The van der Waals surface area contributed by atoms with Gasteiger partial charge in [0.05, 0.1) is 5.41 Å². The minimum absolute atomic E-state index is 0. The maximum absolute atomic E-state index is 13.9. The molecule has 6 heteroatoms. The van der Waals surface area contributed by atoms with Gasteiger partial charge in [0.15, 0.2) is 0 Å². The molecule has 1 aliphatic carbocycles. The van der Waals surface area contributed by atoms with Crippen molar-refractivity contribution in [3.05, 3.63) is 35.4 Å². The minimum Gasteiger partial charge on any atom is -0.481 e. The van der Waals surface area contributed by atoms with E-state index in [0.29, 0.717) is 25.1 Å². The molecule has 1 aromatic carbocycles. The van der Waals surface area contributed by atoms with E-state index >= 15 is 0 Å². The van der Waals surface area contributed by atoms with Crippen LogP contribution >= 0.6 is 12.4 Å². The second-order valence-electron chi connectivity index (χ2n) is 6.32. The first-order valence-electron chi connectivity index (χ1n) is 7.36. The Hall–Kier alpha value is -1.20. The van der Waals surface area contributed by atoms with E-state index in [4.69, 9.17) is 0 Å². The number of carboxylic acid groups (broad SMARTS) is 1. The summed E-state index contributed by atoms with van der Waals surface area (Å²) in [4.78, 5) is 13.7. The smallest absolute Gasteiger partial charge is 0.311 e. The highest BCUT2D eigenvalue weighted by molar-refractivity contribution is 5.85. The molecule has 2 fully saturated rings. The molecule has 0 amide bonds. The number of aliphatic carboxylic acids is 1. The Kier molecular flexibility index (Phi) is 4.78. The lowest BCUT2D eigenvalue weighted by atomic mass is 9.81. The molecule has 3 nitrogen and oxygen atoms in total. The predicted octanol–water partition coefficient (Wildman–Crippen LogP) is 3.63. The second-order valence-corrected chi connectivity index (χ2v) is 6.32. The SMILES string of the molecule is CC(c1ccc(F)cc1F)N1C[C@@H]2CCC[C@@]2(C(=O)O)C1.Cl. The zero-order valence-corrected chi connectivity index (χ0v) is 13.2. The van der Waals surface area contributed by atoms with E-state index in [-0.39, 0.29) is 24.4 Å². The Bertz CT molecular complexity index is 583. The lowest BCUT2D eigenvalue weighted by molar-refractivity contribution is -0.149. The molecule has 0 aromatic heterocycles. The van der Waals surface area contributed by atoms with Crippen molar-refractivity contribution in [2.75, 3.05) is 13.1 Å². The number of benzene rings is 1. The first kappa shape index (κ1) is 17.2. The minimum atomic E-state index is -0.737. The van der Waals surface area contributed by atoms with Gasteiger partial charge in [0, 0.05) is 30.8 Å². The van der Waals surface area contributed by atoms with E-state index in [1.54, 1.807) is 0 Å². The summed E-state index contributed by atoms with van der Waals surface area (Å²) in [7, 11) is 0. The molecule has 1 unspecified atom stereocenters. The molecule has 1 saturated carbocycles. The highest BCUT2D eigenvalue weighted by atomic mass is 35.5. The average molecular weight is 332 g/mol. The molecule has 122 valence electrons. The summed E-state index contributed by atoms with van der Waals surface area (Å²) in [6.07, 6.45) is 2.56. The molecular weight excluding hydrogens is 312 g/mol. The number of hydrogen-bond donors (Lipinski definition) is 1. The third-order valence-corrected chi connectivity index (χ3v) is 5.28.